The van der Waals surface area contributed by atoms with Crippen LogP contribution in [0.3, 0.4) is 0 Å². The lowest BCUT2D eigenvalue weighted by Gasteiger charge is -2.11. The fourth-order valence-electron chi connectivity index (χ4n) is 2.08. The predicted molar refractivity (Wildman–Crippen MR) is 103 cm³/mol. The number of aliphatic hydroxyl groups excluding tert-OH is 1. The molecule has 2 rings (SSSR count). The van der Waals surface area contributed by atoms with Crippen LogP contribution in [-0.2, 0) is 6.42 Å². The maximum Gasteiger partial charge on any atom is 0.193 e. The van der Waals surface area contributed by atoms with Crippen LogP contribution >= 0.6 is 24.0 Å². The normalized spacial score (nSPS) is 12.4. The molecule has 0 aliphatic heterocycles. The van der Waals surface area contributed by atoms with Crippen LogP contribution in [0.4, 0.5) is 10.1 Å². The topological polar surface area (TPSA) is 70.6 Å². The Labute approximate surface area is 152 Å². The molecule has 6 heteroatoms. The number of nitrogens with one attached hydrogen (secondary N) is 1. The second-order valence-electron chi connectivity index (χ2n) is 4.94. The van der Waals surface area contributed by atoms with Crippen molar-refractivity contribution in [2.75, 3.05) is 11.9 Å². The fraction of sp³-hybridized carbons (Fsp3) is 0.235. The first-order valence-corrected chi connectivity index (χ1v) is 7.18. The Morgan fingerprint density at radius 3 is 2.70 bits per heavy atom. The number of rotatable bonds is 5. The summed E-state index contributed by atoms with van der Waals surface area (Å²) in [6, 6.07) is 13.9. The highest BCUT2D eigenvalue weighted by atomic mass is 127. The lowest BCUT2D eigenvalue weighted by atomic mass is 10.1. The van der Waals surface area contributed by atoms with E-state index in [9.17, 15) is 9.50 Å². The van der Waals surface area contributed by atoms with Crippen LogP contribution in [-0.4, -0.2) is 17.6 Å². The number of nitrogens with zero attached hydrogens (tertiary/aromatic N) is 1. The molecule has 1 unspecified atom stereocenters. The smallest absolute Gasteiger partial charge is 0.193 e. The molecule has 1 atom stereocenters. The molecule has 0 saturated carbocycles. The second-order valence-corrected chi connectivity index (χ2v) is 4.94. The largest absolute Gasteiger partial charge is 0.386 e. The molecule has 0 aliphatic carbocycles. The molecule has 124 valence electrons. The zero-order valence-corrected chi connectivity index (χ0v) is 15.2. The molecule has 0 bridgehead atoms. The number of nitrogens with two attached hydrogens (primary N) is 1. The van der Waals surface area contributed by atoms with Crippen LogP contribution in [0.1, 0.15) is 24.2 Å². The van der Waals surface area contributed by atoms with Gasteiger partial charge in [-0.15, -0.1) is 24.0 Å². The van der Waals surface area contributed by atoms with Crippen LogP contribution in [0, 0.1) is 5.82 Å². The van der Waals surface area contributed by atoms with Crippen LogP contribution in [0.2, 0.25) is 0 Å². The van der Waals surface area contributed by atoms with Gasteiger partial charge in [0.1, 0.15) is 11.9 Å². The Bertz CT molecular complexity index is 664. The van der Waals surface area contributed by atoms with Gasteiger partial charge >= 0.3 is 0 Å². The van der Waals surface area contributed by atoms with Gasteiger partial charge in [-0.3, -0.25) is 4.99 Å². The summed E-state index contributed by atoms with van der Waals surface area (Å²) in [4.78, 5) is 4.06. The lowest BCUT2D eigenvalue weighted by molar-refractivity contribution is 0.182. The van der Waals surface area contributed by atoms with Gasteiger partial charge in [0.2, 0.25) is 0 Å². The van der Waals surface area contributed by atoms with Gasteiger partial charge in [0.25, 0.3) is 0 Å². The highest BCUT2D eigenvalue weighted by Gasteiger charge is 2.11. The third kappa shape index (κ3) is 5.80. The van der Waals surface area contributed by atoms with Crippen molar-refractivity contribution < 1.29 is 9.50 Å². The van der Waals surface area contributed by atoms with Crippen molar-refractivity contribution in [3.63, 3.8) is 0 Å². The van der Waals surface area contributed by atoms with Gasteiger partial charge in [0.05, 0.1) is 6.54 Å². The van der Waals surface area contributed by atoms with Gasteiger partial charge in [-0.25, -0.2) is 4.39 Å². The number of anilines is 1. The van der Waals surface area contributed by atoms with Crippen molar-refractivity contribution in [2.24, 2.45) is 10.7 Å². The highest BCUT2D eigenvalue weighted by Crippen LogP contribution is 2.17. The number of aryl methyl sites for hydroxylation is 1. The first kappa shape index (κ1) is 19.4. The number of aliphatic imine (C=N–C) groups is 1. The molecule has 0 amide bonds. The molecule has 2 aromatic rings. The number of hydrogen-bond donors (Lipinski definition) is 3. The lowest BCUT2D eigenvalue weighted by Crippen LogP contribution is -2.23. The summed E-state index contributed by atoms with van der Waals surface area (Å²) in [5.41, 5.74) is 8.03. The van der Waals surface area contributed by atoms with Crippen LogP contribution in [0.25, 0.3) is 0 Å². The quantitative estimate of drug-likeness (QED) is 0.387. The molecule has 0 aliphatic rings. The van der Waals surface area contributed by atoms with Crippen molar-refractivity contribution >= 4 is 35.6 Å². The Morgan fingerprint density at radius 2 is 2.00 bits per heavy atom. The molecule has 2 aromatic carbocycles. The van der Waals surface area contributed by atoms with Gasteiger partial charge in [0, 0.05) is 11.3 Å². The molecule has 0 saturated heterocycles. The van der Waals surface area contributed by atoms with E-state index in [-0.39, 0.29) is 42.0 Å². The summed E-state index contributed by atoms with van der Waals surface area (Å²) >= 11 is 0. The molecule has 0 heterocycles. The van der Waals surface area contributed by atoms with Crippen LogP contribution in [0.5, 0.6) is 0 Å². The van der Waals surface area contributed by atoms with Crippen molar-refractivity contribution in [3.05, 3.63) is 65.5 Å². The van der Waals surface area contributed by atoms with Gasteiger partial charge in [-0.2, -0.15) is 0 Å². The highest BCUT2D eigenvalue weighted by molar-refractivity contribution is 14.0. The van der Waals surface area contributed by atoms with Gasteiger partial charge in [0.15, 0.2) is 5.96 Å². The molecule has 0 aromatic heterocycles. The zero-order valence-electron chi connectivity index (χ0n) is 12.9. The Hall–Kier alpha value is -1.67. The average molecular weight is 429 g/mol. The first-order chi connectivity index (χ1) is 10.6. The first-order valence-electron chi connectivity index (χ1n) is 7.18. The second kappa shape index (κ2) is 9.46. The van der Waals surface area contributed by atoms with Gasteiger partial charge < -0.3 is 16.2 Å². The molecule has 4 N–H and O–H groups in total. The Balaban J connectivity index is 0.00000264. The van der Waals surface area contributed by atoms with Crippen molar-refractivity contribution in [1.82, 2.24) is 0 Å². The molecule has 4 nitrogen and oxygen atoms in total. The summed E-state index contributed by atoms with van der Waals surface area (Å²) < 4.78 is 13.5. The van der Waals surface area contributed by atoms with E-state index in [1.807, 2.05) is 24.3 Å². The maximum absolute atomic E-state index is 13.5. The van der Waals surface area contributed by atoms with Crippen molar-refractivity contribution in [2.45, 2.75) is 19.4 Å². The fourth-order valence-corrected chi connectivity index (χ4v) is 2.08. The Morgan fingerprint density at radius 1 is 1.26 bits per heavy atom. The summed E-state index contributed by atoms with van der Waals surface area (Å²) in [7, 11) is 0. The maximum atomic E-state index is 13.5. The minimum atomic E-state index is -1.02. The predicted octanol–water partition coefficient (Wildman–Crippen LogP) is 3.47. The molecule has 0 spiro atoms. The number of halogens is 2. The summed E-state index contributed by atoms with van der Waals surface area (Å²) in [6.45, 7) is 2.06. The van der Waals surface area contributed by atoms with Gasteiger partial charge in [-0.05, 0) is 30.2 Å². The summed E-state index contributed by atoms with van der Waals surface area (Å²) in [5.74, 6) is -0.268. The SMILES string of the molecule is CCc1cccc(NC(N)=NCC(O)c2ccccc2F)c1.I. The average Bonchev–Trinajstić information content (AvgIpc) is 2.53. The minimum absolute atomic E-state index is 0. The van der Waals surface area contributed by atoms with Crippen molar-refractivity contribution in [3.8, 4) is 0 Å². The van der Waals surface area contributed by atoms with E-state index >= 15 is 0 Å². The number of guanidine groups is 1. The molecule has 23 heavy (non-hydrogen) atoms. The van der Waals surface area contributed by atoms with Crippen LogP contribution < -0.4 is 11.1 Å². The van der Waals surface area contributed by atoms with E-state index in [1.165, 1.54) is 17.7 Å². The third-order valence-corrected chi connectivity index (χ3v) is 3.31. The third-order valence-electron chi connectivity index (χ3n) is 3.31. The summed E-state index contributed by atoms with van der Waals surface area (Å²) in [5, 5.41) is 12.9. The van der Waals surface area contributed by atoms with E-state index in [0.29, 0.717) is 0 Å². The number of aliphatic hydroxyl groups is 1. The standard InChI is InChI=1S/C17H20FN3O.HI/c1-2-12-6-5-7-13(10-12)21-17(19)20-11-16(22)14-8-3-4-9-15(14)18;/h3-10,16,22H,2,11H2,1H3,(H3,19,20,21);1H. The minimum Gasteiger partial charge on any atom is -0.386 e. The van der Waals surface area contributed by atoms with E-state index in [2.05, 4.69) is 17.2 Å². The molecular weight excluding hydrogens is 408 g/mol. The van der Waals surface area contributed by atoms with E-state index in [1.54, 1.807) is 12.1 Å². The van der Waals surface area contributed by atoms with E-state index in [0.717, 1.165) is 12.1 Å². The monoisotopic (exact) mass is 429 g/mol. The number of benzene rings is 2. The molecular formula is C17H21FIN3O. The van der Waals surface area contributed by atoms with E-state index in [4.69, 9.17) is 5.73 Å². The number of hydrogen-bond acceptors (Lipinski definition) is 2. The van der Waals surface area contributed by atoms with Crippen molar-refractivity contribution in [1.29, 1.82) is 0 Å². The van der Waals surface area contributed by atoms with Crippen LogP contribution in [0.15, 0.2) is 53.5 Å². The van der Waals surface area contributed by atoms with Gasteiger partial charge in [-0.1, -0.05) is 37.3 Å². The molecule has 0 fully saturated rings. The zero-order chi connectivity index (χ0) is 15.9. The molecule has 0 radical (unpaired) electrons. The Kier molecular flexibility index (Phi) is 7.97. The summed E-state index contributed by atoms with van der Waals surface area (Å²) in [6.07, 6.45) is -0.0954. The van der Waals surface area contributed by atoms with E-state index < -0.39 is 11.9 Å².